The zero-order valence-electron chi connectivity index (χ0n) is 16.2. The Bertz CT molecular complexity index is 1010. The molecule has 1 heterocycles. The Hall–Kier alpha value is -3.55. The van der Waals surface area contributed by atoms with Crippen molar-refractivity contribution in [3.8, 4) is 5.75 Å². The van der Waals surface area contributed by atoms with E-state index in [1.165, 1.54) is 24.4 Å². The summed E-state index contributed by atoms with van der Waals surface area (Å²) < 4.78 is 43.6. The number of alkyl halides is 3. The van der Waals surface area contributed by atoms with E-state index in [-0.39, 0.29) is 11.6 Å². The van der Waals surface area contributed by atoms with Crippen molar-refractivity contribution in [3.05, 3.63) is 83.6 Å². The molecular weight excluding hydrogens is 395 g/mol. The van der Waals surface area contributed by atoms with Gasteiger partial charge in [0, 0.05) is 18.4 Å². The number of anilines is 2. The molecule has 30 heavy (non-hydrogen) atoms. The Balaban J connectivity index is 1.55. The topological polar surface area (TPSA) is 63.2 Å². The lowest BCUT2D eigenvalue weighted by molar-refractivity contribution is -0.137. The minimum absolute atomic E-state index is 0.257. The van der Waals surface area contributed by atoms with E-state index in [0.717, 1.165) is 23.4 Å². The molecular formula is C22H20F3N3O2. The third kappa shape index (κ3) is 5.73. The van der Waals surface area contributed by atoms with Gasteiger partial charge in [0.2, 0.25) is 0 Å². The summed E-state index contributed by atoms with van der Waals surface area (Å²) >= 11 is 0. The van der Waals surface area contributed by atoms with Gasteiger partial charge >= 0.3 is 6.18 Å². The van der Waals surface area contributed by atoms with Gasteiger partial charge in [0.05, 0.1) is 18.2 Å². The maximum absolute atomic E-state index is 12.8. The fraction of sp³-hybridized carbons (Fsp3) is 0.182. The minimum Gasteiger partial charge on any atom is -0.497 e. The number of carbonyl (C=O) groups excluding carboxylic acids is 1. The van der Waals surface area contributed by atoms with Crippen molar-refractivity contribution in [2.45, 2.75) is 12.6 Å². The smallest absolute Gasteiger partial charge is 0.416 e. The summed E-state index contributed by atoms with van der Waals surface area (Å²) in [5.41, 5.74) is 0.899. The number of nitrogens with one attached hydrogen (secondary N) is 2. The largest absolute Gasteiger partial charge is 0.497 e. The molecule has 8 heteroatoms. The molecule has 0 radical (unpaired) electrons. The van der Waals surface area contributed by atoms with Crippen molar-refractivity contribution in [2.24, 2.45) is 0 Å². The third-order valence-corrected chi connectivity index (χ3v) is 4.32. The number of aromatic nitrogens is 1. The van der Waals surface area contributed by atoms with Crippen LogP contribution in [0.3, 0.4) is 0 Å². The lowest BCUT2D eigenvalue weighted by atomic mass is 10.1. The molecule has 1 aromatic heterocycles. The maximum Gasteiger partial charge on any atom is 0.416 e. The van der Waals surface area contributed by atoms with Gasteiger partial charge in [-0.05, 0) is 54.4 Å². The standard InChI is InChI=1S/C22H20F3N3O2/c1-30-19-7-2-4-15(12-19)10-11-26-21(29)16-8-9-20(27-14-16)28-18-6-3-5-17(13-18)22(23,24)25/h2-9,12-14H,10-11H2,1H3,(H,26,29)(H,27,28). The summed E-state index contributed by atoms with van der Waals surface area (Å²) in [5.74, 6) is 0.810. The van der Waals surface area contributed by atoms with E-state index in [1.54, 1.807) is 13.2 Å². The molecule has 0 fully saturated rings. The SMILES string of the molecule is COc1cccc(CCNC(=O)c2ccc(Nc3cccc(C(F)(F)F)c3)nc2)c1. The number of carbonyl (C=O) groups is 1. The second-order valence-electron chi connectivity index (χ2n) is 6.49. The number of nitrogens with zero attached hydrogens (tertiary/aromatic N) is 1. The van der Waals surface area contributed by atoms with E-state index < -0.39 is 11.7 Å². The first-order valence-corrected chi connectivity index (χ1v) is 9.16. The van der Waals surface area contributed by atoms with Crippen LogP contribution in [0.5, 0.6) is 5.75 Å². The summed E-state index contributed by atoms with van der Waals surface area (Å²) in [5, 5.41) is 5.62. The van der Waals surface area contributed by atoms with Crippen LogP contribution in [-0.4, -0.2) is 24.5 Å². The molecule has 0 aliphatic rings. The van der Waals surface area contributed by atoms with Crippen molar-refractivity contribution in [2.75, 3.05) is 19.0 Å². The Morgan fingerprint density at radius 1 is 1.07 bits per heavy atom. The number of rotatable bonds is 7. The highest BCUT2D eigenvalue weighted by molar-refractivity contribution is 5.94. The highest BCUT2D eigenvalue weighted by atomic mass is 19.4. The molecule has 0 aliphatic heterocycles. The van der Waals surface area contributed by atoms with Crippen molar-refractivity contribution in [1.29, 1.82) is 0 Å². The Morgan fingerprint density at radius 3 is 2.57 bits per heavy atom. The lowest BCUT2D eigenvalue weighted by Crippen LogP contribution is -2.25. The van der Waals surface area contributed by atoms with Crippen molar-refractivity contribution in [1.82, 2.24) is 10.3 Å². The van der Waals surface area contributed by atoms with Crippen LogP contribution in [0.25, 0.3) is 0 Å². The Kier molecular flexibility index (Phi) is 6.56. The van der Waals surface area contributed by atoms with Gasteiger partial charge < -0.3 is 15.4 Å². The summed E-state index contributed by atoms with van der Waals surface area (Å²) in [6.07, 6.45) is -2.40. The molecule has 2 aromatic carbocycles. The molecule has 3 rings (SSSR count). The van der Waals surface area contributed by atoms with Crippen molar-refractivity contribution in [3.63, 3.8) is 0 Å². The van der Waals surface area contributed by atoms with Gasteiger partial charge in [-0.2, -0.15) is 13.2 Å². The van der Waals surface area contributed by atoms with Gasteiger partial charge in [-0.25, -0.2) is 4.98 Å². The molecule has 0 atom stereocenters. The van der Waals surface area contributed by atoms with Crippen LogP contribution in [0.1, 0.15) is 21.5 Å². The van der Waals surface area contributed by atoms with Crippen LogP contribution in [-0.2, 0) is 12.6 Å². The van der Waals surface area contributed by atoms with E-state index in [1.807, 2.05) is 24.3 Å². The predicted molar refractivity (Wildman–Crippen MR) is 108 cm³/mol. The number of amides is 1. The first-order valence-electron chi connectivity index (χ1n) is 9.16. The van der Waals surface area contributed by atoms with Gasteiger partial charge in [0.25, 0.3) is 5.91 Å². The summed E-state index contributed by atoms with van der Waals surface area (Å²) in [6.45, 7) is 0.441. The molecule has 3 aromatic rings. The summed E-state index contributed by atoms with van der Waals surface area (Å²) in [6, 6.07) is 15.5. The first kappa shape index (κ1) is 21.2. The second-order valence-corrected chi connectivity index (χ2v) is 6.49. The normalized spacial score (nSPS) is 11.1. The highest BCUT2D eigenvalue weighted by Gasteiger charge is 2.30. The number of hydrogen-bond acceptors (Lipinski definition) is 4. The van der Waals surface area contributed by atoms with Crippen LogP contribution in [0.2, 0.25) is 0 Å². The van der Waals surface area contributed by atoms with E-state index in [9.17, 15) is 18.0 Å². The summed E-state index contributed by atoms with van der Waals surface area (Å²) in [7, 11) is 1.60. The molecule has 1 amide bonds. The molecule has 2 N–H and O–H groups in total. The first-order chi connectivity index (χ1) is 14.3. The van der Waals surface area contributed by atoms with Gasteiger partial charge in [-0.3, -0.25) is 4.79 Å². The van der Waals surface area contributed by atoms with Crippen LogP contribution >= 0.6 is 0 Å². The molecule has 0 saturated heterocycles. The summed E-state index contributed by atoms with van der Waals surface area (Å²) in [4.78, 5) is 16.4. The zero-order valence-corrected chi connectivity index (χ0v) is 16.2. The minimum atomic E-state index is -4.42. The molecule has 5 nitrogen and oxygen atoms in total. The number of benzene rings is 2. The zero-order chi connectivity index (χ0) is 21.6. The molecule has 0 aliphatic carbocycles. The Labute approximate surface area is 171 Å². The van der Waals surface area contributed by atoms with Crippen LogP contribution in [0.4, 0.5) is 24.7 Å². The lowest BCUT2D eigenvalue weighted by Gasteiger charge is -2.10. The number of pyridine rings is 1. The third-order valence-electron chi connectivity index (χ3n) is 4.32. The van der Waals surface area contributed by atoms with Crippen LogP contribution < -0.4 is 15.4 Å². The predicted octanol–water partition coefficient (Wildman–Crippen LogP) is 4.83. The van der Waals surface area contributed by atoms with Gasteiger partial charge in [-0.15, -0.1) is 0 Å². The van der Waals surface area contributed by atoms with E-state index in [2.05, 4.69) is 15.6 Å². The highest BCUT2D eigenvalue weighted by Crippen LogP contribution is 2.31. The van der Waals surface area contributed by atoms with Crippen LogP contribution in [0, 0.1) is 0 Å². The molecule has 0 spiro atoms. The number of methoxy groups -OCH3 is 1. The second kappa shape index (κ2) is 9.30. The fourth-order valence-corrected chi connectivity index (χ4v) is 2.77. The number of ether oxygens (including phenoxy) is 1. The average molecular weight is 415 g/mol. The van der Waals surface area contributed by atoms with E-state index in [0.29, 0.717) is 24.3 Å². The van der Waals surface area contributed by atoms with Gasteiger partial charge in [0.1, 0.15) is 11.6 Å². The molecule has 156 valence electrons. The number of halogens is 3. The molecule has 0 saturated carbocycles. The molecule has 0 unspecified atom stereocenters. The average Bonchev–Trinajstić information content (AvgIpc) is 2.74. The van der Waals surface area contributed by atoms with E-state index >= 15 is 0 Å². The fourth-order valence-electron chi connectivity index (χ4n) is 2.77. The van der Waals surface area contributed by atoms with Crippen LogP contribution in [0.15, 0.2) is 66.9 Å². The van der Waals surface area contributed by atoms with E-state index in [4.69, 9.17) is 4.74 Å². The van der Waals surface area contributed by atoms with Gasteiger partial charge in [-0.1, -0.05) is 18.2 Å². The maximum atomic E-state index is 12.8. The Morgan fingerprint density at radius 2 is 1.87 bits per heavy atom. The van der Waals surface area contributed by atoms with Crippen molar-refractivity contribution >= 4 is 17.4 Å². The number of hydrogen-bond donors (Lipinski definition) is 2. The molecule has 0 bridgehead atoms. The van der Waals surface area contributed by atoms with Crippen molar-refractivity contribution < 1.29 is 22.7 Å². The van der Waals surface area contributed by atoms with Gasteiger partial charge in [0.15, 0.2) is 0 Å². The quantitative estimate of drug-likeness (QED) is 0.581. The monoisotopic (exact) mass is 415 g/mol.